The highest BCUT2D eigenvalue weighted by molar-refractivity contribution is 6.04. The molecule has 29 heavy (non-hydrogen) atoms. The lowest BCUT2D eigenvalue weighted by molar-refractivity contribution is -0.135. The first-order valence-corrected chi connectivity index (χ1v) is 8.62. The van der Waals surface area contributed by atoms with E-state index in [9.17, 15) is 20.0 Å². The molecule has 1 heterocycles. The van der Waals surface area contributed by atoms with Crippen molar-refractivity contribution in [2.75, 3.05) is 6.54 Å². The first kappa shape index (κ1) is 19.6. The highest BCUT2D eigenvalue weighted by Crippen LogP contribution is 2.35. The lowest BCUT2D eigenvalue weighted by atomic mass is 10.1. The highest BCUT2D eigenvalue weighted by Gasteiger charge is 2.20. The molecule has 0 spiro atoms. The number of rotatable bonds is 5. The monoisotopic (exact) mass is 391 g/mol. The Bertz CT molecular complexity index is 1160. The second-order valence-electron chi connectivity index (χ2n) is 6.38. The van der Waals surface area contributed by atoms with Crippen LogP contribution in [0, 0.1) is 25.2 Å². The first-order valence-electron chi connectivity index (χ1n) is 8.62. The smallest absolute Gasteiger partial charge is 0.322 e. The van der Waals surface area contributed by atoms with Gasteiger partial charge < -0.3 is 20.3 Å². The van der Waals surface area contributed by atoms with Crippen LogP contribution in [0.2, 0.25) is 0 Å². The largest absolute Gasteiger partial charge is 0.505 e. The molecule has 0 bridgehead atoms. The van der Waals surface area contributed by atoms with E-state index in [1.165, 1.54) is 6.07 Å². The Labute approximate surface area is 166 Å². The third kappa shape index (κ3) is 3.94. The summed E-state index contributed by atoms with van der Waals surface area (Å²) in [6.45, 7) is 3.17. The number of nitrogens with one attached hydrogen (secondary N) is 1. The predicted octanol–water partition coefficient (Wildman–Crippen LogP) is 3.04. The summed E-state index contributed by atoms with van der Waals surface area (Å²) in [6.07, 6.45) is 0. The second kappa shape index (κ2) is 7.86. The van der Waals surface area contributed by atoms with Gasteiger partial charge in [-0.25, -0.2) is 4.98 Å². The summed E-state index contributed by atoms with van der Waals surface area (Å²) in [5, 5.41) is 31.3. The van der Waals surface area contributed by atoms with Gasteiger partial charge in [-0.15, -0.1) is 0 Å². The number of pyridine rings is 1. The fourth-order valence-electron chi connectivity index (χ4n) is 2.90. The fourth-order valence-corrected chi connectivity index (χ4v) is 2.90. The van der Waals surface area contributed by atoms with Gasteiger partial charge >= 0.3 is 5.97 Å². The number of carbonyl (C=O) groups is 2. The average molecular weight is 391 g/mol. The number of aryl methyl sites for hydroxylation is 2. The van der Waals surface area contributed by atoms with E-state index in [2.05, 4.69) is 10.3 Å². The fraction of sp³-hybridized carbons (Fsp3) is 0.143. The lowest BCUT2D eigenvalue weighted by Gasteiger charge is -2.13. The molecule has 3 aromatic rings. The quantitative estimate of drug-likeness (QED) is 0.609. The Kier molecular flexibility index (Phi) is 5.32. The Morgan fingerprint density at radius 1 is 1.17 bits per heavy atom. The van der Waals surface area contributed by atoms with Crippen molar-refractivity contribution in [1.82, 2.24) is 10.3 Å². The molecule has 0 aliphatic rings. The number of nitrogens with zero attached hydrogens (tertiary/aromatic N) is 2. The van der Waals surface area contributed by atoms with Gasteiger partial charge in [0.15, 0.2) is 11.4 Å². The van der Waals surface area contributed by atoms with Crippen molar-refractivity contribution >= 4 is 22.6 Å². The zero-order valence-corrected chi connectivity index (χ0v) is 15.7. The summed E-state index contributed by atoms with van der Waals surface area (Å²) in [4.78, 5) is 26.8. The Morgan fingerprint density at radius 3 is 2.48 bits per heavy atom. The molecule has 0 aliphatic carbocycles. The third-order valence-electron chi connectivity index (χ3n) is 4.30. The van der Waals surface area contributed by atoms with Gasteiger partial charge in [0.1, 0.15) is 29.8 Å². The van der Waals surface area contributed by atoms with Crippen molar-refractivity contribution in [1.29, 1.82) is 5.26 Å². The van der Waals surface area contributed by atoms with Crippen LogP contribution < -0.4 is 10.1 Å². The van der Waals surface area contributed by atoms with E-state index in [0.717, 1.165) is 11.1 Å². The molecule has 8 heteroatoms. The van der Waals surface area contributed by atoms with Crippen molar-refractivity contribution in [3.8, 4) is 23.3 Å². The number of carboxylic acid groups (broad SMARTS) is 1. The van der Waals surface area contributed by atoms with Crippen LogP contribution in [0.4, 0.5) is 0 Å². The SMILES string of the molecule is Cc1cccc(C)c1Oc1ccc2c(C#N)nc(C(=O)NCC(=O)O)c(O)c2c1. The predicted molar refractivity (Wildman–Crippen MR) is 104 cm³/mol. The van der Waals surface area contributed by atoms with Crippen LogP contribution in [-0.2, 0) is 4.79 Å². The van der Waals surface area contributed by atoms with E-state index in [1.807, 2.05) is 38.1 Å². The molecule has 2 aromatic carbocycles. The van der Waals surface area contributed by atoms with E-state index in [1.54, 1.807) is 12.1 Å². The van der Waals surface area contributed by atoms with E-state index in [0.29, 0.717) is 16.9 Å². The van der Waals surface area contributed by atoms with E-state index in [4.69, 9.17) is 9.84 Å². The third-order valence-corrected chi connectivity index (χ3v) is 4.30. The lowest BCUT2D eigenvalue weighted by Crippen LogP contribution is -2.30. The minimum absolute atomic E-state index is 0.0723. The van der Waals surface area contributed by atoms with E-state index < -0.39 is 29.9 Å². The van der Waals surface area contributed by atoms with Crippen LogP contribution in [0.5, 0.6) is 17.2 Å². The number of aromatic nitrogens is 1. The maximum atomic E-state index is 12.2. The van der Waals surface area contributed by atoms with Crippen molar-refractivity contribution in [3.05, 3.63) is 58.9 Å². The van der Waals surface area contributed by atoms with Crippen molar-refractivity contribution in [2.24, 2.45) is 0 Å². The molecule has 0 unspecified atom stereocenters. The minimum Gasteiger partial charge on any atom is -0.505 e. The number of hydrogen-bond acceptors (Lipinski definition) is 6. The zero-order chi connectivity index (χ0) is 21.1. The number of aliphatic carboxylic acids is 1. The number of carboxylic acids is 1. The van der Waals surface area contributed by atoms with Gasteiger partial charge in [0.25, 0.3) is 5.91 Å². The highest BCUT2D eigenvalue weighted by atomic mass is 16.5. The number of hydrogen-bond donors (Lipinski definition) is 3. The summed E-state index contributed by atoms with van der Waals surface area (Å²) >= 11 is 0. The van der Waals surface area contributed by atoms with Gasteiger partial charge in [-0.1, -0.05) is 18.2 Å². The number of benzene rings is 2. The molecular formula is C21H17N3O5. The number of para-hydroxylation sites is 1. The molecule has 1 amide bonds. The van der Waals surface area contributed by atoms with Gasteiger partial charge in [-0.05, 0) is 43.2 Å². The summed E-state index contributed by atoms with van der Waals surface area (Å²) in [7, 11) is 0. The summed E-state index contributed by atoms with van der Waals surface area (Å²) in [5.41, 5.74) is 1.35. The van der Waals surface area contributed by atoms with Crippen LogP contribution in [-0.4, -0.2) is 33.6 Å². The molecular weight excluding hydrogens is 374 g/mol. The van der Waals surface area contributed by atoms with Crippen LogP contribution in [0.3, 0.4) is 0 Å². The van der Waals surface area contributed by atoms with Crippen LogP contribution in [0.15, 0.2) is 36.4 Å². The van der Waals surface area contributed by atoms with Gasteiger partial charge in [0.05, 0.1) is 0 Å². The summed E-state index contributed by atoms with van der Waals surface area (Å²) in [5.74, 6) is -1.54. The second-order valence-corrected chi connectivity index (χ2v) is 6.38. The van der Waals surface area contributed by atoms with Crippen LogP contribution in [0.1, 0.15) is 27.3 Å². The van der Waals surface area contributed by atoms with Crippen molar-refractivity contribution < 1.29 is 24.5 Å². The zero-order valence-electron chi connectivity index (χ0n) is 15.7. The number of amides is 1. The summed E-state index contributed by atoms with van der Waals surface area (Å²) < 4.78 is 5.96. The van der Waals surface area contributed by atoms with Gasteiger partial charge in [-0.3, -0.25) is 9.59 Å². The number of carbonyl (C=O) groups excluding carboxylic acids is 1. The molecule has 0 atom stereocenters. The molecule has 3 N–H and O–H groups in total. The van der Waals surface area contributed by atoms with Crippen LogP contribution >= 0.6 is 0 Å². The maximum absolute atomic E-state index is 12.2. The molecule has 146 valence electrons. The Hall–Kier alpha value is -4.12. The standard InChI is InChI=1S/C21H17N3O5/c1-11-4-3-5-12(2)20(11)29-13-6-7-14-15(8-13)19(27)18(24-16(14)9-22)21(28)23-10-17(25)26/h3-8,27H,10H2,1-2H3,(H,23,28)(H,25,26). The minimum atomic E-state index is -1.25. The normalized spacial score (nSPS) is 10.4. The molecule has 0 saturated heterocycles. The average Bonchev–Trinajstić information content (AvgIpc) is 2.69. The molecule has 8 nitrogen and oxygen atoms in total. The Balaban J connectivity index is 2.09. The number of aromatic hydroxyl groups is 1. The molecule has 1 aromatic heterocycles. The van der Waals surface area contributed by atoms with Crippen LogP contribution in [0.25, 0.3) is 10.8 Å². The molecule has 0 fully saturated rings. The molecule has 0 saturated carbocycles. The van der Waals surface area contributed by atoms with E-state index >= 15 is 0 Å². The van der Waals surface area contributed by atoms with E-state index in [-0.39, 0.29) is 11.1 Å². The topological polar surface area (TPSA) is 133 Å². The number of ether oxygens (including phenoxy) is 1. The van der Waals surface area contributed by atoms with Gasteiger partial charge in [0, 0.05) is 10.8 Å². The van der Waals surface area contributed by atoms with Gasteiger partial charge in [0.2, 0.25) is 0 Å². The number of nitriles is 1. The molecule has 0 radical (unpaired) electrons. The van der Waals surface area contributed by atoms with Gasteiger partial charge in [-0.2, -0.15) is 5.26 Å². The first-order chi connectivity index (χ1) is 13.8. The Morgan fingerprint density at radius 2 is 1.86 bits per heavy atom. The van der Waals surface area contributed by atoms with Crippen molar-refractivity contribution in [2.45, 2.75) is 13.8 Å². The number of fused-ring (bicyclic) bond motifs is 1. The molecule has 0 aliphatic heterocycles. The van der Waals surface area contributed by atoms with Crippen molar-refractivity contribution in [3.63, 3.8) is 0 Å². The maximum Gasteiger partial charge on any atom is 0.322 e. The summed E-state index contributed by atoms with van der Waals surface area (Å²) in [6, 6.07) is 12.3. The molecule has 3 rings (SSSR count).